The minimum atomic E-state index is -0.570. The van der Waals surface area contributed by atoms with E-state index >= 15 is 4.39 Å². The van der Waals surface area contributed by atoms with E-state index in [-0.39, 0.29) is 5.60 Å². The summed E-state index contributed by atoms with van der Waals surface area (Å²) in [5, 5.41) is 0. The van der Waals surface area contributed by atoms with Gasteiger partial charge in [0.2, 0.25) is 0 Å². The molecular weight excluding hydrogens is 287 g/mol. The molecule has 4 saturated carbocycles. The van der Waals surface area contributed by atoms with Gasteiger partial charge in [-0.2, -0.15) is 0 Å². The van der Waals surface area contributed by atoms with Gasteiger partial charge in [0, 0.05) is 0 Å². The lowest BCUT2D eigenvalue weighted by Gasteiger charge is -2.56. The quantitative estimate of drug-likeness (QED) is 0.436. The molecule has 1 spiro atoms. The third kappa shape index (κ3) is 2.00. The average molecular weight is 318 g/mol. The summed E-state index contributed by atoms with van der Waals surface area (Å²) >= 11 is 0. The molecule has 2 heteroatoms. The van der Waals surface area contributed by atoms with Crippen LogP contribution in [0.5, 0.6) is 0 Å². The van der Waals surface area contributed by atoms with E-state index in [0.29, 0.717) is 23.2 Å². The Hall–Kier alpha value is -0.370. The summed E-state index contributed by atoms with van der Waals surface area (Å²) in [6.45, 7) is 5.60. The zero-order chi connectivity index (χ0) is 15.8. The largest absolute Gasteiger partial charge is 0.370 e. The van der Waals surface area contributed by atoms with Gasteiger partial charge in [-0.25, -0.2) is 4.39 Å². The van der Waals surface area contributed by atoms with Gasteiger partial charge in [-0.3, -0.25) is 0 Å². The van der Waals surface area contributed by atoms with Gasteiger partial charge in [0.15, 0.2) is 0 Å². The van der Waals surface area contributed by atoms with Crippen LogP contribution < -0.4 is 0 Å². The van der Waals surface area contributed by atoms with Crippen LogP contribution in [0.25, 0.3) is 0 Å². The molecule has 1 heterocycles. The van der Waals surface area contributed by atoms with Crippen molar-refractivity contribution in [1.82, 2.24) is 0 Å². The van der Waals surface area contributed by atoms with Gasteiger partial charge in [0.05, 0.1) is 12.2 Å². The Labute approximate surface area is 140 Å². The van der Waals surface area contributed by atoms with E-state index in [1.54, 1.807) is 5.57 Å². The van der Waals surface area contributed by atoms with E-state index in [4.69, 9.17) is 4.74 Å². The molecule has 5 fully saturated rings. The molecule has 0 amide bonds. The molecule has 0 aromatic heterocycles. The third-order valence-electron chi connectivity index (χ3n) is 8.84. The fraction of sp³-hybridized carbons (Fsp3) is 0.905. The zero-order valence-corrected chi connectivity index (χ0v) is 14.7. The standard InChI is InChI=1S/C21H31FO/c1-3-13-4-5-18-16-10-19(22)17-11-21(12-23-21)9-7-15(17)14(16)6-8-20(13,18)2/h3,14-19H,4-12H2,1-2H3/b13-3-/t14-,15-,16-,17-,18+,19-,20-,21?/m1/s1. The van der Waals surface area contributed by atoms with E-state index in [2.05, 4.69) is 19.9 Å². The van der Waals surface area contributed by atoms with Crippen molar-refractivity contribution in [3.8, 4) is 0 Å². The first-order valence-electron chi connectivity index (χ1n) is 10.00. The van der Waals surface area contributed by atoms with E-state index in [1.165, 1.54) is 38.5 Å². The van der Waals surface area contributed by atoms with E-state index in [9.17, 15) is 0 Å². The monoisotopic (exact) mass is 318 g/mol. The maximum atomic E-state index is 15.2. The zero-order valence-electron chi connectivity index (χ0n) is 14.7. The molecule has 128 valence electrons. The Morgan fingerprint density at radius 3 is 2.57 bits per heavy atom. The number of hydrogen-bond acceptors (Lipinski definition) is 1. The predicted octanol–water partition coefficient (Wildman–Crippen LogP) is 5.30. The molecule has 1 nitrogen and oxygen atoms in total. The highest BCUT2D eigenvalue weighted by molar-refractivity contribution is 5.23. The Bertz CT molecular complexity index is 536. The number of fused-ring (bicyclic) bond motifs is 5. The molecule has 0 aromatic rings. The maximum Gasteiger partial charge on any atom is 0.104 e. The lowest BCUT2D eigenvalue weighted by atomic mass is 9.49. The van der Waals surface area contributed by atoms with Gasteiger partial charge >= 0.3 is 0 Å². The summed E-state index contributed by atoms with van der Waals surface area (Å²) < 4.78 is 20.9. The fourth-order valence-corrected chi connectivity index (χ4v) is 7.56. The highest BCUT2D eigenvalue weighted by atomic mass is 19.1. The molecule has 0 radical (unpaired) electrons. The van der Waals surface area contributed by atoms with Gasteiger partial charge in [-0.15, -0.1) is 0 Å². The fourth-order valence-electron chi connectivity index (χ4n) is 7.56. The molecule has 1 unspecified atom stereocenters. The van der Waals surface area contributed by atoms with Crippen molar-refractivity contribution < 1.29 is 9.13 Å². The van der Waals surface area contributed by atoms with Gasteiger partial charge < -0.3 is 4.74 Å². The molecule has 5 rings (SSSR count). The van der Waals surface area contributed by atoms with Crippen LogP contribution in [0.2, 0.25) is 0 Å². The normalized spacial score (nSPS) is 59.5. The first-order valence-corrected chi connectivity index (χ1v) is 10.00. The van der Waals surface area contributed by atoms with Crippen molar-refractivity contribution in [2.24, 2.45) is 35.0 Å². The second-order valence-electron chi connectivity index (χ2n) is 9.54. The Balaban J connectivity index is 1.43. The van der Waals surface area contributed by atoms with Crippen molar-refractivity contribution in [1.29, 1.82) is 0 Å². The van der Waals surface area contributed by atoms with Crippen LogP contribution in [0.4, 0.5) is 4.39 Å². The number of hydrogen-bond donors (Lipinski definition) is 0. The highest BCUT2D eigenvalue weighted by Crippen LogP contribution is 2.65. The van der Waals surface area contributed by atoms with Crippen LogP contribution in [0.3, 0.4) is 0 Å². The summed E-state index contributed by atoms with van der Waals surface area (Å²) in [4.78, 5) is 0. The molecule has 4 aliphatic carbocycles. The second-order valence-corrected chi connectivity index (χ2v) is 9.54. The number of halogens is 1. The molecule has 8 atom stereocenters. The van der Waals surface area contributed by atoms with Crippen LogP contribution in [0, 0.1) is 35.0 Å². The van der Waals surface area contributed by atoms with Gasteiger partial charge in [0.1, 0.15) is 6.17 Å². The first-order chi connectivity index (χ1) is 11.1. The number of allylic oxidation sites excluding steroid dienone is 2. The van der Waals surface area contributed by atoms with Crippen LogP contribution in [-0.2, 0) is 4.74 Å². The maximum absolute atomic E-state index is 15.2. The number of epoxide rings is 1. The number of ether oxygens (including phenoxy) is 1. The van der Waals surface area contributed by atoms with Gasteiger partial charge in [-0.05, 0) is 93.3 Å². The molecule has 1 saturated heterocycles. The average Bonchev–Trinajstić information content (AvgIpc) is 3.19. The van der Waals surface area contributed by atoms with Crippen molar-refractivity contribution in [2.75, 3.05) is 6.61 Å². The Morgan fingerprint density at radius 2 is 1.83 bits per heavy atom. The molecule has 0 N–H and O–H groups in total. The van der Waals surface area contributed by atoms with Crippen LogP contribution >= 0.6 is 0 Å². The summed E-state index contributed by atoms with van der Waals surface area (Å²) in [5.74, 6) is 3.16. The lowest BCUT2D eigenvalue weighted by Crippen LogP contribution is -2.52. The molecular formula is C21H31FO. The SMILES string of the molecule is C/C=C1/CC[C@H]2[C@@H]3C[C@@H](F)[C@@H]4CC5(CC[C@@H]4[C@H]3CC[C@]12C)CO5. The van der Waals surface area contributed by atoms with E-state index in [1.807, 2.05) is 0 Å². The van der Waals surface area contributed by atoms with Crippen LogP contribution in [0.15, 0.2) is 11.6 Å². The minimum absolute atomic E-state index is 0.118. The number of rotatable bonds is 0. The molecule has 0 aromatic carbocycles. The van der Waals surface area contributed by atoms with Crippen molar-refractivity contribution >= 4 is 0 Å². The third-order valence-corrected chi connectivity index (χ3v) is 8.84. The van der Waals surface area contributed by atoms with Gasteiger partial charge in [0.25, 0.3) is 0 Å². The Kier molecular flexibility index (Phi) is 3.14. The topological polar surface area (TPSA) is 12.5 Å². The summed E-state index contributed by atoms with van der Waals surface area (Å²) in [7, 11) is 0. The van der Waals surface area contributed by atoms with E-state index in [0.717, 1.165) is 31.3 Å². The first kappa shape index (κ1) is 14.9. The van der Waals surface area contributed by atoms with Gasteiger partial charge in [-0.1, -0.05) is 18.6 Å². The van der Waals surface area contributed by atoms with Crippen LogP contribution in [-0.4, -0.2) is 18.4 Å². The minimum Gasteiger partial charge on any atom is -0.370 e. The predicted molar refractivity (Wildman–Crippen MR) is 89.8 cm³/mol. The summed E-state index contributed by atoms with van der Waals surface area (Å²) in [6.07, 6.45) is 11.4. The van der Waals surface area contributed by atoms with Crippen molar-refractivity contribution in [3.63, 3.8) is 0 Å². The molecule has 0 bridgehead atoms. The summed E-state index contributed by atoms with van der Waals surface area (Å²) in [6, 6.07) is 0. The smallest absolute Gasteiger partial charge is 0.104 e. The molecule has 5 aliphatic rings. The Morgan fingerprint density at radius 1 is 1.09 bits per heavy atom. The summed E-state index contributed by atoms with van der Waals surface area (Å²) in [5.41, 5.74) is 2.18. The highest BCUT2D eigenvalue weighted by Gasteiger charge is 2.60. The van der Waals surface area contributed by atoms with E-state index < -0.39 is 6.17 Å². The van der Waals surface area contributed by atoms with Crippen LogP contribution in [0.1, 0.15) is 65.2 Å². The lowest BCUT2D eigenvalue weighted by molar-refractivity contribution is -0.0874. The number of alkyl halides is 1. The molecule has 23 heavy (non-hydrogen) atoms. The second kappa shape index (κ2) is 4.84. The van der Waals surface area contributed by atoms with Crippen molar-refractivity contribution in [2.45, 2.75) is 77.0 Å². The molecule has 1 aliphatic heterocycles. The van der Waals surface area contributed by atoms with Crippen molar-refractivity contribution in [3.05, 3.63) is 11.6 Å².